The minimum absolute atomic E-state index is 0.162. The summed E-state index contributed by atoms with van der Waals surface area (Å²) in [6.45, 7) is 4.44. The van der Waals surface area contributed by atoms with Crippen molar-refractivity contribution in [3.8, 4) is 0 Å². The second-order valence-electron chi connectivity index (χ2n) is 6.84. The van der Waals surface area contributed by atoms with Crippen molar-refractivity contribution in [1.82, 2.24) is 9.80 Å². The standard InChI is InChI=1S/C20H26N2O2/c1-16-9-11-17(12-10-16)5-2-7-19(23)21-13-3-6-18(15-21)22-14-4-8-20(22)24/h2,5,9-12,18H,3-4,6-8,13-15H2,1H3. The van der Waals surface area contributed by atoms with E-state index in [2.05, 4.69) is 31.2 Å². The van der Waals surface area contributed by atoms with Crippen LogP contribution in [0.15, 0.2) is 30.3 Å². The van der Waals surface area contributed by atoms with Gasteiger partial charge in [-0.05, 0) is 31.7 Å². The summed E-state index contributed by atoms with van der Waals surface area (Å²) in [4.78, 5) is 28.3. The number of likely N-dealkylation sites (tertiary alicyclic amines) is 2. The molecule has 2 amide bonds. The number of carbonyl (C=O) groups is 2. The summed E-state index contributed by atoms with van der Waals surface area (Å²) in [5.41, 5.74) is 2.35. The summed E-state index contributed by atoms with van der Waals surface area (Å²) in [5, 5.41) is 0. The van der Waals surface area contributed by atoms with Gasteiger partial charge in [0.15, 0.2) is 0 Å². The first-order valence-corrected chi connectivity index (χ1v) is 8.94. The van der Waals surface area contributed by atoms with E-state index in [4.69, 9.17) is 0 Å². The van der Waals surface area contributed by atoms with Crippen LogP contribution in [0.3, 0.4) is 0 Å². The molecule has 2 saturated heterocycles. The number of benzene rings is 1. The SMILES string of the molecule is Cc1ccc(C=CCC(=O)N2CCCC(N3CCCC3=O)C2)cc1. The van der Waals surface area contributed by atoms with Crippen molar-refractivity contribution in [2.75, 3.05) is 19.6 Å². The zero-order valence-corrected chi connectivity index (χ0v) is 14.4. The molecule has 2 aliphatic rings. The van der Waals surface area contributed by atoms with Gasteiger partial charge in [-0.25, -0.2) is 0 Å². The molecule has 0 saturated carbocycles. The first-order chi connectivity index (χ1) is 11.6. The third-order valence-corrected chi connectivity index (χ3v) is 4.98. The van der Waals surface area contributed by atoms with Crippen LogP contribution in [0.25, 0.3) is 6.08 Å². The molecule has 1 atom stereocenters. The molecular formula is C20H26N2O2. The Morgan fingerprint density at radius 2 is 2.00 bits per heavy atom. The van der Waals surface area contributed by atoms with Crippen LogP contribution < -0.4 is 0 Å². The summed E-state index contributed by atoms with van der Waals surface area (Å²) in [6.07, 6.45) is 8.01. The van der Waals surface area contributed by atoms with Gasteiger partial charge in [-0.1, -0.05) is 42.0 Å². The predicted octanol–water partition coefficient (Wildman–Crippen LogP) is 3.01. The van der Waals surface area contributed by atoms with Crippen molar-refractivity contribution in [3.05, 3.63) is 41.5 Å². The molecule has 4 heteroatoms. The second kappa shape index (κ2) is 7.65. The zero-order valence-electron chi connectivity index (χ0n) is 14.4. The van der Waals surface area contributed by atoms with Crippen molar-refractivity contribution in [1.29, 1.82) is 0 Å². The van der Waals surface area contributed by atoms with E-state index >= 15 is 0 Å². The van der Waals surface area contributed by atoms with E-state index in [9.17, 15) is 9.59 Å². The van der Waals surface area contributed by atoms with Gasteiger partial charge in [0.2, 0.25) is 11.8 Å². The fourth-order valence-corrected chi connectivity index (χ4v) is 3.59. The number of carbonyl (C=O) groups excluding carboxylic acids is 2. The maximum Gasteiger partial charge on any atom is 0.226 e. The van der Waals surface area contributed by atoms with Crippen molar-refractivity contribution in [2.45, 2.75) is 45.1 Å². The van der Waals surface area contributed by atoms with Crippen LogP contribution in [-0.2, 0) is 9.59 Å². The summed E-state index contributed by atoms with van der Waals surface area (Å²) in [6, 6.07) is 8.49. The second-order valence-corrected chi connectivity index (χ2v) is 6.84. The molecule has 1 unspecified atom stereocenters. The summed E-state index contributed by atoms with van der Waals surface area (Å²) >= 11 is 0. The van der Waals surface area contributed by atoms with E-state index in [0.717, 1.165) is 37.9 Å². The molecule has 0 bridgehead atoms. The quantitative estimate of drug-likeness (QED) is 0.853. The van der Waals surface area contributed by atoms with Crippen LogP contribution in [0.1, 0.15) is 43.2 Å². The van der Waals surface area contributed by atoms with E-state index < -0.39 is 0 Å². The number of nitrogens with zero attached hydrogens (tertiary/aromatic N) is 2. The van der Waals surface area contributed by atoms with Gasteiger partial charge in [0, 0.05) is 38.5 Å². The van der Waals surface area contributed by atoms with Crippen LogP contribution in [0.5, 0.6) is 0 Å². The summed E-state index contributed by atoms with van der Waals surface area (Å²) in [7, 11) is 0. The first kappa shape index (κ1) is 16.7. The Hall–Kier alpha value is -2.10. The monoisotopic (exact) mass is 326 g/mol. The Morgan fingerprint density at radius 3 is 2.71 bits per heavy atom. The van der Waals surface area contributed by atoms with Crippen LogP contribution in [0, 0.1) is 6.92 Å². The molecule has 2 aliphatic heterocycles. The first-order valence-electron chi connectivity index (χ1n) is 8.94. The minimum Gasteiger partial charge on any atom is -0.340 e. The third-order valence-electron chi connectivity index (χ3n) is 4.98. The van der Waals surface area contributed by atoms with Gasteiger partial charge in [0.05, 0.1) is 0 Å². The molecular weight excluding hydrogens is 300 g/mol. The predicted molar refractivity (Wildman–Crippen MR) is 95.4 cm³/mol. The average Bonchev–Trinajstić information content (AvgIpc) is 3.03. The Bertz CT molecular complexity index is 621. The highest BCUT2D eigenvalue weighted by molar-refractivity contribution is 5.80. The fraction of sp³-hybridized carbons (Fsp3) is 0.500. The Kier molecular flexibility index (Phi) is 5.34. The molecule has 4 nitrogen and oxygen atoms in total. The molecule has 0 aliphatic carbocycles. The number of rotatable bonds is 4. The van der Waals surface area contributed by atoms with Gasteiger partial charge < -0.3 is 9.80 Å². The molecule has 1 aromatic rings. The van der Waals surface area contributed by atoms with Gasteiger partial charge in [0.25, 0.3) is 0 Å². The lowest BCUT2D eigenvalue weighted by molar-refractivity contribution is -0.136. The number of hydrogen-bond donors (Lipinski definition) is 0. The molecule has 0 spiro atoms. The van der Waals surface area contributed by atoms with Gasteiger partial charge in [0.1, 0.15) is 0 Å². The molecule has 0 N–H and O–H groups in total. The number of aryl methyl sites for hydroxylation is 1. The van der Waals surface area contributed by atoms with Gasteiger partial charge in [-0.2, -0.15) is 0 Å². The Morgan fingerprint density at radius 1 is 1.21 bits per heavy atom. The zero-order chi connectivity index (χ0) is 16.9. The average molecular weight is 326 g/mol. The van der Waals surface area contributed by atoms with E-state index in [0.29, 0.717) is 19.4 Å². The molecule has 0 radical (unpaired) electrons. The van der Waals surface area contributed by atoms with Crippen molar-refractivity contribution in [2.24, 2.45) is 0 Å². The van der Waals surface area contributed by atoms with Crippen LogP contribution >= 0.6 is 0 Å². The highest BCUT2D eigenvalue weighted by Crippen LogP contribution is 2.22. The fourth-order valence-electron chi connectivity index (χ4n) is 3.59. The lowest BCUT2D eigenvalue weighted by atomic mass is 10.0. The number of piperidine rings is 1. The van der Waals surface area contributed by atoms with Crippen molar-refractivity contribution < 1.29 is 9.59 Å². The van der Waals surface area contributed by atoms with Gasteiger partial charge in [-0.3, -0.25) is 9.59 Å². The largest absolute Gasteiger partial charge is 0.340 e. The molecule has 24 heavy (non-hydrogen) atoms. The van der Waals surface area contributed by atoms with Crippen LogP contribution in [0.2, 0.25) is 0 Å². The maximum atomic E-state index is 12.5. The molecule has 128 valence electrons. The highest BCUT2D eigenvalue weighted by Gasteiger charge is 2.32. The van der Waals surface area contributed by atoms with E-state index in [1.54, 1.807) is 0 Å². The number of hydrogen-bond acceptors (Lipinski definition) is 2. The lowest BCUT2D eigenvalue weighted by Crippen LogP contribution is -2.50. The summed E-state index contributed by atoms with van der Waals surface area (Å²) in [5.74, 6) is 0.420. The van der Waals surface area contributed by atoms with Crippen LogP contribution in [-0.4, -0.2) is 47.3 Å². The highest BCUT2D eigenvalue weighted by atomic mass is 16.2. The Labute approximate surface area is 144 Å². The van der Waals surface area contributed by atoms with Gasteiger partial charge in [-0.15, -0.1) is 0 Å². The molecule has 2 fully saturated rings. The van der Waals surface area contributed by atoms with Crippen LogP contribution in [0.4, 0.5) is 0 Å². The normalized spacial score (nSPS) is 21.7. The van der Waals surface area contributed by atoms with E-state index in [1.165, 1.54) is 5.56 Å². The lowest BCUT2D eigenvalue weighted by Gasteiger charge is -2.37. The number of amides is 2. The van der Waals surface area contributed by atoms with E-state index in [-0.39, 0.29) is 17.9 Å². The van der Waals surface area contributed by atoms with Crippen molar-refractivity contribution in [3.63, 3.8) is 0 Å². The maximum absolute atomic E-state index is 12.5. The molecule has 1 aromatic carbocycles. The molecule has 0 aromatic heterocycles. The smallest absolute Gasteiger partial charge is 0.226 e. The van der Waals surface area contributed by atoms with Gasteiger partial charge >= 0.3 is 0 Å². The Balaban J connectivity index is 1.52. The topological polar surface area (TPSA) is 40.6 Å². The molecule has 2 heterocycles. The van der Waals surface area contributed by atoms with E-state index in [1.807, 2.05) is 22.0 Å². The third kappa shape index (κ3) is 4.05. The summed E-state index contributed by atoms with van der Waals surface area (Å²) < 4.78 is 0. The van der Waals surface area contributed by atoms with Crippen molar-refractivity contribution >= 4 is 17.9 Å². The minimum atomic E-state index is 0.162. The molecule has 3 rings (SSSR count).